The maximum Gasteiger partial charge on any atom is 0.257 e. The van der Waals surface area contributed by atoms with Crippen molar-refractivity contribution in [2.75, 3.05) is 12.4 Å². The van der Waals surface area contributed by atoms with Crippen molar-refractivity contribution in [2.45, 2.75) is 0 Å². The van der Waals surface area contributed by atoms with Crippen LogP contribution in [0.5, 0.6) is 5.75 Å². The molecule has 0 atom stereocenters. The molecule has 0 aliphatic carbocycles. The summed E-state index contributed by atoms with van der Waals surface area (Å²) in [6.45, 7) is 0. The summed E-state index contributed by atoms with van der Waals surface area (Å²) in [5.74, 6) is -0.601. The van der Waals surface area contributed by atoms with Gasteiger partial charge in [-0.1, -0.05) is 27.5 Å². The van der Waals surface area contributed by atoms with Crippen LogP contribution in [-0.4, -0.2) is 13.0 Å². The van der Waals surface area contributed by atoms with Crippen LogP contribution in [0, 0.1) is 5.82 Å². The smallest absolute Gasteiger partial charge is 0.257 e. The molecule has 1 N–H and O–H groups in total. The number of nitrogens with one attached hydrogen (secondary N) is 1. The molecule has 0 spiro atoms. The number of hydrogen-bond acceptors (Lipinski definition) is 2. The topological polar surface area (TPSA) is 38.3 Å². The van der Waals surface area contributed by atoms with Gasteiger partial charge in [0, 0.05) is 10.5 Å². The van der Waals surface area contributed by atoms with Gasteiger partial charge in [0.05, 0.1) is 23.4 Å². The molecule has 2 aromatic rings. The first-order chi connectivity index (χ1) is 9.51. The minimum atomic E-state index is -0.551. The monoisotopic (exact) mass is 357 g/mol. The van der Waals surface area contributed by atoms with Crippen molar-refractivity contribution < 1.29 is 13.9 Å². The molecule has 3 nitrogen and oxygen atoms in total. The fourth-order valence-corrected chi connectivity index (χ4v) is 2.15. The van der Waals surface area contributed by atoms with Crippen LogP contribution < -0.4 is 10.1 Å². The van der Waals surface area contributed by atoms with E-state index in [-0.39, 0.29) is 16.3 Å². The lowest BCUT2D eigenvalue weighted by Gasteiger charge is -2.09. The molecule has 0 aliphatic rings. The highest BCUT2D eigenvalue weighted by Crippen LogP contribution is 2.25. The third-order valence-corrected chi connectivity index (χ3v) is 3.42. The molecule has 2 aromatic carbocycles. The average Bonchev–Trinajstić information content (AvgIpc) is 2.43. The number of methoxy groups -OCH3 is 1. The van der Waals surface area contributed by atoms with E-state index >= 15 is 0 Å². The van der Waals surface area contributed by atoms with Gasteiger partial charge in [-0.25, -0.2) is 4.39 Å². The van der Waals surface area contributed by atoms with Crippen molar-refractivity contribution >= 4 is 39.1 Å². The summed E-state index contributed by atoms with van der Waals surface area (Å²) in [5.41, 5.74) is 0.286. The lowest BCUT2D eigenvalue weighted by molar-refractivity contribution is 0.102. The quantitative estimate of drug-likeness (QED) is 0.877. The minimum absolute atomic E-state index is 0.0328. The second kappa shape index (κ2) is 6.24. The van der Waals surface area contributed by atoms with Gasteiger partial charge in [0.2, 0.25) is 0 Å². The van der Waals surface area contributed by atoms with Gasteiger partial charge < -0.3 is 10.1 Å². The summed E-state index contributed by atoms with van der Waals surface area (Å²) in [6.07, 6.45) is 0. The number of halogens is 3. The Labute approximate surface area is 128 Å². The molecular weight excluding hydrogens is 349 g/mol. The fourth-order valence-electron chi connectivity index (χ4n) is 1.59. The summed E-state index contributed by atoms with van der Waals surface area (Å²) in [5, 5.41) is 2.76. The van der Waals surface area contributed by atoms with Gasteiger partial charge in [-0.2, -0.15) is 0 Å². The largest absolute Gasteiger partial charge is 0.497 e. The van der Waals surface area contributed by atoms with Crippen molar-refractivity contribution in [3.05, 3.63) is 57.3 Å². The Morgan fingerprint density at radius 3 is 2.75 bits per heavy atom. The Morgan fingerprint density at radius 2 is 2.05 bits per heavy atom. The molecule has 0 unspecified atom stereocenters. The molecule has 0 saturated carbocycles. The van der Waals surface area contributed by atoms with E-state index in [4.69, 9.17) is 16.3 Å². The highest BCUT2D eigenvalue weighted by molar-refractivity contribution is 9.10. The van der Waals surface area contributed by atoms with Crippen LogP contribution in [0.1, 0.15) is 10.4 Å². The zero-order valence-corrected chi connectivity index (χ0v) is 12.8. The first kappa shape index (κ1) is 14.8. The Bertz CT molecular complexity index is 664. The predicted octanol–water partition coefficient (Wildman–Crippen LogP) is 4.50. The highest BCUT2D eigenvalue weighted by Gasteiger charge is 2.13. The third kappa shape index (κ3) is 3.29. The lowest BCUT2D eigenvalue weighted by atomic mass is 10.2. The summed E-state index contributed by atoms with van der Waals surface area (Å²) in [4.78, 5) is 12.1. The molecule has 6 heteroatoms. The number of ether oxygens (including phenoxy) is 1. The highest BCUT2D eigenvalue weighted by atomic mass is 79.9. The molecule has 0 radical (unpaired) electrons. The van der Waals surface area contributed by atoms with Crippen LogP contribution in [-0.2, 0) is 0 Å². The van der Waals surface area contributed by atoms with Gasteiger partial charge in [-0.05, 0) is 30.3 Å². The summed E-state index contributed by atoms with van der Waals surface area (Å²) in [7, 11) is 1.46. The zero-order chi connectivity index (χ0) is 14.7. The van der Waals surface area contributed by atoms with Gasteiger partial charge >= 0.3 is 0 Å². The minimum Gasteiger partial charge on any atom is -0.497 e. The SMILES string of the molecule is COc1ccc(F)c(NC(=O)c2cc(Br)ccc2Cl)c1. The number of rotatable bonds is 3. The van der Waals surface area contributed by atoms with Gasteiger partial charge in [-0.15, -0.1) is 0 Å². The fraction of sp³-hybridized carbons (Fsp3) is 0.0714. The third-order valence-electron chi connectivity index (χ3n) is 2.59. The Hall–Kier alpha value is -1.59. The van der Waals surface area contributed by atoms with Gasteiger partial charge in [0.1, 0.15) is 11.6 Å². The maximum absolute atomic E-state index is 13.6. The van der Waals surface area contributed by atoms with Crippen LogP contribution in [0.3, 0.4) is 0 Å². The van der Waals surface area contributed by atoms with Crippen molar-refractivity contribution in [1.29, 1.82) is 0 Å². The predicted molar refractivity (Wildman–Crippen MR) is 80.1 cm³/mol. The molecule has 0 fully saturated rings. The van der Waals surface area contributed by atoms with E-state index in [9.17, 15) is 9.18 Å². The second-order valence-electron chi connectivity index (χ2n) is 3.92. The molecule has 0 heterocycles. The standard InChI is InChI=1S/C14H10BrClFNO2/c1-20-9-3-5-12(17)13(7-9)18-14(19)10-6-8(15)2-4-11(10)16/h2-7H,1H3,(H,18,19). The normalized spacial score (nSPS) is 10.2. The van der Waals surface area contributed by atoms with E-state index in [0.717, 1.165) is 0 Å². The van der Waals surface area contributed by atoms with Gasteiger partial charge in [0.15, 0.2) is 0 Å². The summed E-state index contributed by atoms with van der Waals surface area (Å²) in [6, 6.07) is 8.95. The van der Waals surface area contributed by atoms with Crippen LogP contribution in [0.15, 0.2) is 40.9 Å². The van der Waals surface area contributed by atoms with Gasteiger partial charge in [0.25, 0.3) is 5.91 Å². The van der Waals surface area contributed by atoms with Crippen LogP contribution in [0.4, 0.5) is 10.1 Å². The Kier molecular flexibility index (Phi) is 4.62. The number of anilines is 1. The zero-order valence-electron chi connectivity index (χ0n) is 10.4. The van der Waals surface area contributed by atoms with E-state index < -0.39 is 11.7 Å². The van der Waals surface area contributed by atoms with Crippen molar-refractivity contribution in [2.24, 2.45) is 0 Å². The van der Waals surface area contributed by atoms with E-state index in [0.29, 0.717) is 10.2 Å². The average molecular weight is 359 g/mol. The molecule has 104 valence electrons. The van der Waals surface area contributed by atoms with E-state index in [1.54, 1.807) is 18.2 Å². The number of carbonyl (C=O) groups is 1. The summed E-state index contributed by atoms with van der Waals surface area (Å²) < 4.78 is 19.3. The van der Waals surface area contributed by atoms with Crippen molar-refractivity contribution in [3.63, 3.8) is 0 Å². The van der Waals surface area contributed by atoms with Crippen LogP contribution >= 0.6 is 27.5 Å². The lowest BCUT2D eigenvalue weighted by Crippen LogP contribution is -2.13. The number of benzene rings is 2. The molecule has 2 rings (SSSR count). The van der Waals surface area contributed by atoms with Crippen molar-refractivity contribution in [3.8, 4) is 5.75 Å². The Morgan fingerprint density at radius 1 is 1.30 bits per heavy atom. The molecule has 0 bridgehead atoms. The van der Waals surface area contributed by atoms with Crippen LogP contribution in [0.25, 0.3) is 0 Å². The first-order valence-electron chi connectivity index (χ1n) is 5.61. The molecule has 0 aliphatic heterocycles. The molecule has 1 amide bonds. The number of hydrogen-bond donors (Lipinski definition) is 1. The molecule has 20 heavy (non-hydrogen) atoms. The Balaban J connectivity index is 2.30. The number of carbonyl (C=O) groups excluding carboxylic acids is 1. The molecule has 0 saturated heterocycles. The molecule has 0 aromatic heterocycles. The van der Waals surface area contributed by atoms with E-state index in [1.807, 2.05) is 0 Å². The second-order valence-corrected chi connectivity index (χ2v) is 5.25. The maximum atomic E-state index is 13.6. The van der Waals surface area contributed by atoms with Crippen molar-refractivity contribution in [1.82, 2.24) is 0 Å². The van der Waals surface area contributed by atoms with Crippen LogP contribution in [0.2, 0.25) is 5.02 Å². The van der Waals surface area contributed by atoms with E-state index in [1.165, 1.54) is 25.3 Å². The van der Waals surface area contributed by atoms with Gasteiger partial charge in [-0.3, -0.25) is 4.79 Å². The molecular formula is C14H10BrClFNO2. The van der Waals surface area contributed by atoms with E-state index in [2.05, 4.69) is 21.2 Å². The summed E-state index contributed by atoms with van der Waals surface area (Å²) >= 11 is 9.21. The first-order valence-corrected chi connectivity index (χ1v) is 6.78. The number of amides is 1.